The molecule has 0 radical (unpaired) electrons. The van der Waals surface area contributed by atoms with Crippen LogP contribution in [-0.4, -0.2) is 18.0 Å². The first-order valence-electron chi connectivity index (χ1n) is 10.00. The van der Waals surface area contributed by atoms with Gasteiger partial charge >= 0.3 is 0 Å². The molecule has 3 heteroatoms. The van der Waals surface area contributed by atoms with Crippen LogP contribution >= 0.6 is 11.3 Å². The van der Waals surface area contributed by atoms with E-state index in [0.717, 1.165) is 12.3 Å². The normalized spacial score (nSPS) is 31.1. The van der Waals surface area contributed by atoms with E-state index in [1.807, 2.05) is 11.3 Å². The third-order valence-corrected chi connectivity index (χ3v) is 7.20. The molecular formula is C21H30N2S. The summed E-state index contributed by atoms with van der Waals surface area (Å²) in [6.07, 6.45) is 15.2. The van der Waals surface area contributed by atoms with Crippen molar-refractivity contribution in [2.75, 3.05) is 0 Å². The Labute approximate surface area is 150 Å². The minimum Gasteiger partial charge on any atom is -0.286 e. The zero-order chi connectivity index (χ0) is 16.5. The lowest BCUT2D eigenvalue weighted by Crippen LogP contribution is -2.20. The van der Waals surface area contributed by atoms with E-state index >= 15 is 0 Å². The van der Waals surface area contributed by atoms with E-state index in [9.17, 15) is 0 Å². The maximum atomic E-state index is 5.33. The summed E-state index contributed by atoms with van der Waals surface area (Å²) in [7, 11) is 0. The lowest BCUT2D eigenvalue weighted by Gasteiger charge is -2.27. The van der Waals surface area contributed by atoms with Gasteiger partial charge in [-0.3, -0.25) is 4.99 Å². The Balaban J connectivity index is 1.59. The molecule has 1 saturated carbocycles. The van der Waals surface area contributed by atoms with Crippen LogP contribution in [0.15, 0.2) is 9.98 Å². The second kappa shape index (κ2) is 7.11. The number of hydrogen-bond donors (Lipinski definition) is 0. The molecule has 1 atom stereocenters. The third kappa shape index (κ3) is 3.24. The fourth-order valence-electron chi connectivity index (χ4n) is 4.74. The van der Waals surface area contributed by atoms with Gasteiger partial charge in [0.1, 0.15) is 5.00 Å². The molecule has 0 aromatic carbocycles. The molecule has 0 amide bonds. The van der Waals surface area contributed by atoms with Crippen LogP contribution < -0.4 is 0 Å². The molecule has 0 bridgehead atoms. The van der Waals surface area contributed by atoms with E-state index in [-0.39, 0.29) is 0 Å². The summed E-state index contributed by atoms with van der Waals surface area (Å²) in [5, 5.41) is 1.25. The molecule has 1 aliphatic heterocycles. The Morgan fingerprint density at radius 3 is 2.83 bits per heavy atom. The quantitative estimate of drug-likeness (QED) is 0.631. The molecule has 0 N–H and O–H groups in total. The second-order valence-corrected chi connectivity index (χ2v) is 9.12. The lowest BCUT2D eigenvalue weighted by molar-refractivity contribution is 0.309. The van der Waals surface area contributed by atoms with E-state index in [4.69, 9.17) is 9.98 Å². The Bertz CT molecular complexity index is 647. The zero-order valence-electron chi connectivity index (χ0n) is 15.2. The van der Waals surface area contributed by atoms with Gasteiger partial charge in [-0.15, -0.1) is 11.3 Å². The van der Waals surface area contributed by atoms with Gasteiger partial charge in [-0.25, -0.2) is 4.99 Å². The first-order valence-corrected chi connectivity index (χ1v) is 10.8. The Morgan fingerprint density at radius 2 is 2.04 bits per heavy atom. The SMILES string of the molecule is CCCC1CCC(N=C2CC(C)C=Nc3sc4c(c32)CCC4)CC1. The molecule has 1 fully saturated rings. The highest BCUT2D eigenvalue weighted by molar-refractivity contribution is 7.16. The number of fused-ring (bicyclic) bond motifs is 3. The van der Waals surface area contributed by atoms with Crippen LogP contribution in [0.2, 0.25) is 0 Å². The highest BCUT2D eigenvalue weighted by atomic mass is 32.1. The fraction of sp³-hybridized carbons (Fsp3) is 0.714. The summed E-state index contributed by atoms with van der Waals surface area (Å²) in [5.41, 5.74) is 4.43. The number of thiophene rings is 1. The monoisotopic (exact) mass is 342 g/mol. The van der Waals surface area contributed by atoms with Gasteiger partial charge in [0.2, 0.25) is 0 Å². The standard InChI is InChI=1S/C21H30N2S/c1-3-5-15-8-10-16(11-9-15)23-18-12-14(2)13-22-21-20(18)17-6-4-7-19(17)24-21/h13-16H,3-12H2,1-2H3. The largest absolute Gasteiger partial charge is 0.286 e. The molecule has 1 aromatic rings. The van der Waals surface area contributed by atoms with Crippen molar-refractivity contribution in [2.45, 2.75) is 84.1 Å². The van der Waals surface area contributed by atoms with Crippen LogP contribution in [0.1, 0.15) is 81.2 Å². The molecular weight excluding hydrogens is 312 g/mol. The molecule has 0 saturated heterocycles. The Morgan fingerprint density at radius 1 is 1.21 bits per heavy atom. The van der Waals surface area contributed by atoms with Gasteiger partial charge in [0.15, 0.2) is 0 Å². The van der Waals surface area contributed by atoms with Gasteiger partial charge in [-0.2, -0.15) is 0 Å². The zero-order valence-corrected chi connectivity index (χ0v) is 16.0. The van der Waals surface area contributed by atoms with Gasteiger partial charge < -0.3 is 0 Å². The molecule has 2 nitrogen and oxygen atoms in total. The minimum absolute atomic E-state index is 0.511. The predicted molar refractivity (Wildman–Crippen MR) is 105 cm³/mol. The van der Waals surface area contributed by atoms with Crippen molar-refractivity contribution < 1.29 is 0 Å². The number of hydrogen-bond acceptors (Lipinski definition) is 3. The molecule has 3 aliphatic rings. The Hall–Kier alpha value is -0.960. The summed E-state index contributed by atoms with van der Waals surface area (Å²) in [6, 6.07) is 0.559. The third-order valence-electron chi connectivity index (χ3n) is 6.00. The smallest absolute Gasteiger partial charge is 0.125 e. The maximum Gasteiger partial charge on any atom is 0.125 e. The first-order chi connectivity index (χ1) is 11.7. The predicted octanol–water partition coefficient (Wildman–Crippen LogP) is 6.13. The number of aryl methyl sites for hydroxylation is 1. The minimum atomic E-state index is 0.511. The molecule has 1 aromatic heterocycles. The van der Waals surface area contributed by atoms with E-state index in [1.165, 1.54) is 74.1 Å². The molecule has 0 spiro atoms. The van der Waals surface area contributed by atoms with Crippen molar-refractivity contribution in [3.05, 3.63) is 16.0 Å². The summed E-state index contributed by atoms with van der Waals surface area (Å²) in [6.45, 7) is 4.60. The van der Waals surface area contributed by atoms with Crippen LogP contribution in [-0.2, 0) is 12.8 Å². The van der Waals surface area contributed by atoms with Gasteiger partial charge in [0, 0.05) is 22.4 Å². The van der Waals surface area contributed by atoms with E-state index in [1.54, 1.807) is 10.4 Å². The number of rotatable bonds is 3. The van der Waals surface area contributed by atoms with Crippen LogP contribution in [0.3, 0.4) is 0 Å². The highest BCUT2D eigenvalue weighted by Gasteiger charge is 2.28. The van der Waals surface area contributed by atoms with E-state index in [0.29, 0.717) is 12.0 Å². The van der Waals surface area contributed by atoms with E-state index in [2.05, 4.69) is 20.1 Å². The highest BCUT2D eigenvalue weighted by Crippen LogP contribution is 2.43. The van der Waals surface area contributed by atoms with Crippen molar-refractivity contribution in [1.82, 2.24) is 0 Å². The summed E-state index contributed by atoms with van der Waals surface area (Å²) in [5.74, 6) is 1.47. The lowest BCUT2D eigenvalue weighted by atomic mass is 9.83. The average molecular weight is 343 g/mol. The van der Waals surface area contributed by atoms with E-state index < -0.39 is 0 Å². The average Bonchev–Trinajstić information content (AvgIpc) is 3.11. The molecule has 4 rings (SSSR count). The van der Waals surface area contributed by atoms with Crippen LogP contribution in [0, 0.1) is 11.8 Å². The molecule has 2 aliphatic carbocycles. The van der Waals surface area contributed by atoms with Crippen LogP contribution in [0.5, 0.6) is 0 Å². The number of aliphatic imine (C=N–C) groups is 2. The van der Waals surface area contributed by atoms with Gasteiger partial charge in [-0.1, -0.05) is 26.7 Å². The maximum absolute atomic E-state index is 5.33. The van der Waals surface area contributed by atoms with Gasteiger partial charge in [0.05, 0.1) is 6.04 Å². The fourth-order valence-corrected chi connectivity index (χ4v) is 6.01. The topological polar surface area (TPSA) is 24.7 Å². The Kier molecular flexibility index (Phi) is 4.89. The van der Waals surface area contributed by atoms with Crippen LogP contribution in [0.25, 0.3) is 0 Å². The van der Waals surface area contributed by atoms with Crippen molar-refractivity contribution in [3.63, 3.8) is 0 Å². The van der Waals surface area contributed by atoms with Crippen LogP contribution in [0.4, 0.5) is 5.00 Å². The summed E-state index contributed by atoms with van der Waals surface area (Å²) >= 11 is 1.93. The summed E-state index contributed by atoms with van der Waals surface area (Å²) < 4.78 is 0. The molecule has 2 heterocycles. The molecule has 130 valence electrons. The van der Waals surface area contributed by atoms with Crippen molar-refractivity contribution >= 4 is 28.3 Å². The van der Waals surface area contributed by atoms with Gasteiger partial charge in [-0.05, 0) is 68.8 Å². The molecule has 1 unspecified atom stereocenters. The van der Waals surface area contributed by atoms with Crippen molar-refractivity contribution in [3.8, 4) is 0 Å². The van der Waals surface area contributed by atoms with Crippen molar-refractivity contribution in [2.24, 2.45) is 21.8 Å². The molecule has 24 heavy (non-hydrogen) atoms. The van der Waals surface area contributed by atoms with Gasteiger partial charge in [0.25, 0.3) is 0 Å². The number of nitrogens with zero attached hydrogens (tertiary/aromatic N) is 2. The van der Waals surface area contributed by atoms with Crippen molar-refractivity contribution in [1.29, 1.82) is 0 Å². The summed E-state index contributed by atoms with van der Waals surface area (Å²) in [4.78, 5) is 11.7. The first kappa shape index (κ1) is 16.5. The second-order valence-electron chi connectivity index (χ2n) is 8.04.